The van der Waals surface area contributed by atoms with Gasteiger partial charge in [-0.3, -0.25) is 9.59 Å². The Kier molecular flexibility index (Phi) is 9.08. The third kappa shape index (κ3) is 7.36. The van der Waals surface area contributed by atoms with Gasteiger partial charge in [0.2, 0.25) is 5.91 Å². The fraction of sp³-hybridized carbons (Fsp3) is 0.333. The first-order chi connectivity index (χ1) is 14.4. The predicted molar refractivity (Wildman–Crippen MR) is 112 cm³/mol. The van der Waals surface area contributed by atoms with Gasteiger partial charge in [-0.1, -0.05) is 54.1 Å². The Balaban J connectivity index is 2.18. The van der Waals surface area contributed by atoms with Crippen molar-refractivity contribution >= 4 is 23.5 Å². The van der Waals surface area contributed by atoms with Gasteiger partial charge in [-0.05, 0) is 43.0 Å². The van der Waals surface area contributed by atoms with Crippen molar-refractivity contribution in [2.24, 2.45) is 0 Å². The van der Waals surface area contributed by atoms with E-state index in [1.54, 1.807) is 31.2 Å². The van der Waals surface area contributed by atoms with E-state index in [1.807, 2.05) is 30.3 Å². The number of carbonyl (C=O) groups is 2. The summed E-state index contributed by atoms with van der Waals surface area (Å²) in [4.78, 5) is 36.2. The van der Waals surface area contributed by atoms with Gasteiger partial charge >= 0.3 is 5.97 Å². The number of rotatable bonds is 11. The smallest absolute Gasteiger partial charge is 0.325 e. The van der Waals surface area contributed by atoms with Gasteiger partial charge in [0.25, 0.3) is 0 Å². The molecule has 0 saturated heterocycles. The van der Waals surface area contributed by atoms with Gasteiger partial charge in [-0.15, -0.1) is 5.01 Å². The fourth-order valence-electron chi connectivity index (χ4n) is 2.91. The molecular weight excluding hydrogens is 410 g/mol. The number of hydrogen-bond donors (Lipinski definition) is 1. The zero-order valence-electron chi connectivity index (χ0n) is 16.6. The Labute approximate surface area is 179 Å². The first-order valence-electron chi connectivity index (χ1n) is 9.53. The van der Waals surface area contributed by atoms with E-state index in [0.29, 0.717) is 17.0 Å². The van der Waals surface area contributed by atoms with Crippen molar-refractivity contribution in [3.05, 3.63) is 80.9 Å². The molecule has 1 N–H and O–H groups in total. The quantitative estimate of drug-likeness (QED) is 0.332. The number of nitrogens with one attached hydrogen (secondary N) is 1. The Hall–Kier alpha value is -3.13. The van der Waals surface area contributed by atoms with E-state index >= 15 is 0 Å². The Morgan fingerprint density at radius 2 is 1.80 bits per heavy atom. The molecule has 1 atom stereocenters. The average Bonchev–Trinajstić information content (AvgIpc) is 2.73. The molecule has 160 valence electrons. The molecule has 0 spiro atoms. The Bertz CT molecular complexity index is 845. The molecule has 2 aromatic rings. The number of amides is 1. The van der Waals surface area contributed by atoms with E-state index in [4.69, 9.17) is 16.3 Å². The van der Waals surface area contributed by atoms with E-state index < -0.39 is 23.0 Å². The number of halogens is 1. The lowest BCUT2D eigenvalue weighted by Crippen LogP contribution is -2.50. The number of benzene rings is 2. The summed E-state index contributed by atoms with van der Waals surface area (Å²) in [5, 5.41) is 15.1. The van der Waals surface area contributed by atoms with Gasteiger partial charge in [0.15, 0.2) is 11.1 Å². The predicted octanol–water partition coefficient (Wildman–Crippen LogP) is 3.01. The zero-order chi connectivity index (χ0) is 21.9. The van der Waals surface area contributed by atoms with Crippen molar-refractivity contribution in [1.82, 2.24) is 10.3 Å². The topological polar surface area (TPSA) is 102 Å². The van der Waals surface area contributed by atoms with Crippen molar-refractivity contribution in [3.63, 3.8) is 0 Å². The monoisotopic (exact) mass is 433 g/mol. The van der Waals surface area contributed by atoms with Crippen LogP contribution >= 0.6 is 11.6 Å². The second-order valence-corrected chi connectivity index (χ2v) is 6.96. The minimum Gasteiger partial charge on any atom is -0.465 e. The van der Waals surface area contributed by atoms with Gasteiger partial charge in [0.05, 0.1) is 6.61 Å². The van der Waals surface area contributed by atoms with Crippen molar-refractivity contribution < 1.29 is 19.4 Å². The molecule has 0 bridgehead atoms. The van der Waals surface area contributed by atoms with Gasteiger partial charge in [-0.2, -0.15) is 0 Å². The summed E-state index contributed by atoms with van der Waals surface area (Å²) in [6.45, 7) is 1.41. The fourth-order valence-corrected chi connectivity index (χ4v) is 3.04. The highest BCUT2D eigenvalue weighted by Crippen LogP contribution is 2.16. The lowest BCUT2D eigenvalue weighted by atomic mass is 10.0. The third-order valence-electron chi connectivity index (χ3n) is 4.39. The number of esters is 1. The molecule has 30 heavy (non-hydrogen) atoms. The van der Waals surface area contributed by atoms with Crippen LogP contribution in [0.4, 0.5) is 0 Å². The Morgan fingerprint density at radius 3 is 2.40 bits per heavy atom. The average molecular weight is 434 g/mol. The molecule has 1 unspecified atom stereocenters. The summed E-state index contributed by atoms with van der Waals surface area (Å²) >= 11 is 5.88. The third-order valence-corrected chi connectivity index (χ3v) is 4.64. The molecule has 1 amide bonds. The lowest BCUT2D eigenvalue weighted by molar-refractivity contribution is -0.665. The summed E-state index contributed by atoms with van der Waals surface area (Å²) in [5.74, 6) is -1.21. The maximum atomic E-state index is 12.8. The standard InChI is InChI=1S/C21H24ClN3O5/c1-2-30-20(26)14-23-21(27)19(13-10-16-6-4-3-5-7-16)24(25(28)29)15-17-8-11-18(22)12-9-17/h3-9,11-12,19H,2,10,13-15H2,1H3,(H,23,27). The van der Waals surface area contributed by atoms with Crippen molar-refractivity contribution in [3.8, 4) is 0 Å². The van der Waals surface area contributed by atoms with Crippen molar-refractivity contribution in [2.45, 2.75) is 32.4 Å². The highest BCUT2D eigenvalue weighted by atomic mass is 35.5. The van der Waals surface area contributed by atoms with Crippen LogP contribution in [0.3, 0.4) is 0 Å². The maximum absolute atomic E-state index is 12.8. The normalized spacial score (nSPS) is 11.4. The van der Waals surface area contributed by atoms with Gasteiger partial charge < -0.3 is 10.1 Å². The molecule has 9 heteroatoms. The molecule has 0 aliphatic carbocycles. The van der Waals surface area contributed by atoms with E-state index in [2.05, 4.69) is 5.32 Å². The first-order valence-corrected chi connectivity index (χ1v) is 9.91. The number of hydrazine groups is 1. The largest absolute Gasteiger partial charge is 0.465 e. The van der Waals surface area contributed by atoms with Crippen LogP contribution in [0.25, 0.3) is 0 Å². The molecule has 8 nitrogen and oxygen atoms in total. The van der Waals surface area contributed by atoms with Gasteiger partial charge in [0.1, 0.15) is 13.1 Å². The molecule has 2 aromatic carbocycles. The number of nitro groups is 1. The van der Waals surface area contributed by atoms with Crippen LogP contribution in [0.1, 0.15) is 24.5 Å². The molecule has 0 saturated carbocycles. The van der Waals surface area contributed by atoms with Crippen molar-refractivity contribution in [1.29, 1.82) is 0 Å². The summed E-state index contributed by atoms with van der Waals surface area (Å²) in [5.41, 5.74) is 1.59. The number of ether oxygens (including phenoxy) is 1. The van der Waals surface area contributed by atoms with E-state index in [1.165, 1.54) is 0 Å². The zero-order valence-corrected chi connectivity index (χ0v) is 17.4. The summed E-state index contributed by atoms with van der Waals surface area (Å²) < 4.78 is 4.80. The number of hydrogen-bond acceptors (Lipinski definition) is 5. The second kappa shape index (κ2) is 11.8. The molecule has 2 rings (SSSR count). The SMILES string of the molecule is CCOC(=O)CNC(=O)C(CCc1ccccc1)N(Cc1ccc(Cl)cc1)[N+](=O)[O-]. The van der Waals surface area contributed by atoms with Crippen LogP contribution in [0.5, 0.6) is 0 Å². The molecule has 0 radical (unpaired) electrons. The van der Waals surface area contributed by atoms with E-state index in [0.717, 1.165) is 10.6 Å². The number of carbonyl (C=O) groups excluding carboxylic acids is 2. The van der Waals surface area contributed by atoms with Crippen LogP contribution < -0.4 is 5.32 Å². The van der Waals surface area contributed by atoms with Crippen LogP contribution in [0.15, 0.2) is 54.6 Å². The molecular formula is C21H24ClN3O5. The van der Waals surface area contributed by atoms with Crippen molar-refractivity contribution in [2.75, 3.05) is 13.2 Å². The number of nitrogens with zero attached hydrogens (tertiary/aromatic N) is 2. The highest BCUT2D eigenvalue weighted by Gasteiger charge is 2.33. The van der Waals surface area contributed by atoms with Gasteiger partial charge in [0, 0.05) is 5.02 Å². The van der Waals surface area contributed by atoms with Crippen LogP contribution in [-0.4, -0.2) is 41.1 Å². The van der Waals surface area contributed by atoms with E-state index in [9.17, 15) is 19.7 Å². The molecule has 0 aliphatic heterocycles. The molecule has 0 aliphatic rings. The minimum absolute atomic E-state index is 0.0869. The first kappa shape index (κ1) is 23.2. The van der Waals surface area contributed by atoms with E-state index in [-0.39, 0.29) is 26.1 Å². The molecule has 0 heterocycles. The Morgan fingerprint density at radius 1 is 1.13 bits per heavy atom. The minimum atomic E-state index is -1.08. The van der Waals surface area contributed by atoms with Gasteiger partial charge in [-0.25, -0.2) is 10.1 Å². The van der Waals surface area contributed by atoms with Crippen LogP contribution in [0.2, 0.25) is 5.02 Å². The summed E-state index contributed by atoms with van der Waals surface area (Å²) in [6.07, 6.45) is 0.663. The lowest BCUT2D eigenvalue weighted by Gasteiger charge is -2.24. The van der Waals surface area contributed by atoms with Crippen LogP contribution in [-0.2, 0) is 27.3 Å². The van der Waals surface area contributed by atoms with Crippen LogP contribution in [0, 0.1) is 10.1 Å². The summed E-state index contributed by atoms with van der Waals surface area (Å²) in [7, 11) is 0. The molecule has 0 fully saturated rings. The molecule has 0 aromatic heterocycles. The maximum Gasteiger partial charge on any atom is 0.325 e. The second-order valence-electron chi connectivity index (χ2n) is 6.52. The highest BCUT2D eigenvalue weighted by molar-refractivity contribution is 6.30. The number of aryl methyl sites for hydroxylation is 1. The summed E-state index contributed by atoms with van der Waals surface area (Å²) in [6, 6.07) is 14.9.